The number of rotatable bonds is 5. The van der Waals surface area contributed by atoms with Crippen molar-refractivity contribution in [2.24, 2.45) is 0 Å². The van der Waals surface area contributed by atoms with Crippen molar-refractivity contribution in [3.8, 4) is 5.75 Å². The van der Waals surface area contributed by atoms with E-state index in [0.717, 1.165) is 24.3 Å². The third kappa shape index (κ3) is 4.61. The Hall–Kier alpha value is -1.29. The summed E-state index contributed by atoms with van der Waals surface area (Å²) in [6, 6.07) is 8.15. The van der Waals surface area contributed by atoms with Gasteiger partial charge in [-0.1, -0.05) is 19.9 Å². The topological polar surface area (TPSA) is 33.3 Å². The Morgan fingerprint density at radius 3 is 2.65 bits per heavy atom. The van der Waals surface area contributed by atoms with Gasteiger partial charge in [0.15, 0.2) is 5.11 Å². The van der Waals surface area contributed by atoms with Crippen LogP contribution >= 0.6 is 12.2 Å². The lowest BCUT2D eigenvalue weighted by molar-refractivity contribution is 0.415. The molecule has 0 aliphatic rings. The van der Waals surface area contributed by atoms with Gasteiger partial charge in [-0.25, -0.2) is 0 Å². The van der Waals surface area contributed by atoms with Crippen LogP contribution in [0.4, 0.5) is 5.69 Å². The van der Waals surface area contributed by atoms with E-state index in [-0.39, 0.29) is 0 Å². The highest BCUT2D eigenvalue weighted by molar-refractivity contribution is 7.80. The van der Waals surface area contributed by atoms with Crippen molar-refractivity contribution in [2.45, 2.75) is 32.7 Å². The summed E-state index contributed by atoms with van der Waals surface area (Å²) < 4.78 is 5.16. The maximum absolute atomic E-state index is 5.26. The Labute approximate surface area is 109 Å². The summed E-state index contributed by atoms with van der Waals surface area (Å²) >= 11 is 5.26. The molecular formula is C13H20N2OS. The molecule has 0 spiro atoms. The van der Waals surface area contributed by atoms with Crippen molar-refractivity contribution >= 4 is 23.0 Å². The molecule has 0 aliphatic carbocycles. The molecule has 0 aliphatic heterocycles. The monoisotopic (exact) mass is 252 g/mol. The zero-order chi connectivity index (χ0) is 12.7. The average molecular weight is 252 g/mol. The van der Waals surface area contributed by atoms with Crippen LogP contribution < -0.4 is 15.4 Å². The van der Waals surface area contributed by atoms with Gasteiger partial charge in [-0.05, 0) is 37.2 Å². The Balaban J connectivity index is 2.55. The van der Waals surface area contributed by atoms with E-state index in [2.05, 4.69) is 24.5 Å². The second-order valence-corrected chi connectivity index (χ2v) is 4.25. The molecule has 0 saturated carbocycles. The summed E-state index contributed by atoms with van der Waals surface area (Å²) in [5.74, 6) is 0.820. The van der Waals surface area contributed by atoms with E-state index in [1.165, 1.54) is 0 Å². The van der Waals surface area contributed by atoms with Gasteiger partial charge in [0.05, 0.1) is 7.11 Å². The maximum atomic E-state index is 5.26. The van der Waals surface area contributed by atoms with Gasteiger partial charge in [0.2, 0.25) is 0 Å². The largest absolute Gasteiger partial charge is 0.497 e. The number of benzene rings is 1. The van der Waals surface area contributed by atoms with Gasteiger partial charge in [0.25, 0.3) is 0 Å². The quantitative estimate of drug-likeness (QED) is 0.789. The normalized spacial score (nSPS) is 10.1. The Morgan fingerprint density at radius 1 is 1.35 bits per heavy atom. The molecule has 0 amide bonds. The second-order valence-electron chi connectivity index (χ2n) is 3.84. The van der Waals surface area contributed by atoms with E-state index in [9.17, 15) is 0 Å². The molecule has 0 heterocycles. The fraction of sp³-hybridized carbons (Fsp3) is 0.462. The molecule has 0 radical (unpaired) electrons. The fourth-order valence-electron chi connectivity index (χ4n) is 1.55. The molecular weight excluding hydrogens is 232 g/mol. The van der Waals surface area contributed by atoms with Crippen molar-refractivity contribution in [1.29, 1.82) is 0 Å². The molecule has 17 heavy (non-hydrogen) atoms. The van der Waals surface area contributed by atoms with Crippen LogP contribution in [0.25, 0.3) is 0 Å². The Kier molecular flexibility index (Phi) is 5.77. The number of hydrogen-bond acceptors (Lipinski definition) is 2. The predicted molar refractivity (Wildman–Crippen MR) is 76.7 cm³/mol. The molecule has 0 unspecified atom stereocenters. The zero-order valence-corrected chi connectivity index (χ0v) is 11.4. The molecule has 0 bridgehead atoms. The summed E-state index contributed by atoms with van der Waals surface area (Å²) in [5, 5.41) is 7.10. The van der Waals surface area contributed by atoms with Crippen molar-refractivity contribution in [2.75, 3.05) is 12.4 Å². The molecule has 0 fully saturated rings. The van der Waals surface area contributed by atoms with Gasteiger partial charge in [0.1, 0.15) is 5.75 Å². The number of thiocarbonyl (C=S) groups is 1. The van der Waals surface area contributed by atoms with Gasteiger partial charge < -0.3 is 15.4 Å². The van der Waals surface area contributed by atoms with Crippen LogP contribution in [0.3, 0.4) is 0 Å². The minimum atomic E-state index is 0.431. The number of anilines is 1. The first-order valence-corrected chi connectivity index (χ1v) is 6.32. The van der Waals surface area contributed by atoms with Crippen molar-refractivity contribution in [1.82, 2.24) is 5.32 Å². The highest BCUT2D eigenvalue weighted by Gasteiger charge is 2.05. The SMILES string of the molecule is CCC(CC)NC(=S)Nc1cccc(OC)c1. The van der Waals surface area contributed by atoms with Gasteiger partial charge in [0, 0.05) is 17.8 Å². The number of methoxy groups -OCH3 is 1. The molecule has 0 saturated heterocycles. The molecule has 1 aromatic carbocycles. The predicted octanol–water partition coefficient (Wildman–Crippen LogP) is 3.17. The summed E-state index contributed by atoms with van der Waals surface area (Å²) in [7, 11) is 1.65. The summed E-state index contributed by atoms with van der Waals surface area (Å²) in [4.78, 5) is 0. The molecule has 4 heteroatoms. The van der Waals surface area contributed by atoms with E-state index in [0.29, 0.717) is 11.2 Å². The number of nitrogens with one attached hydrogen (secondary N) is 2. The Morgan fingerprint density at radius 2 is 2.06 bits per heavy atom. The lowest BCUT2D eigenvalue weighted by Gasteiger charge is -2.18. The fourth-order valence-corrected chi connectivity index (χ4v) is 1.83. The third-order valence-electron chi connectivity index (χ3n) is 2.65. The van der Waals surface area contributed by atoms with Gasteiger partial charge >= 0.3 is 0 Å². The average Bonchev–Trinajstić information content (AvgIpc) is 2.36. The van der Waals surface area contributed by atoms with Gasteiger partial charge in [-0.15, -0.1) is 0 Å². The molecule has 1 aromatic rings. The van der Waals surface area contributed by atoms with Gasteiger partial charge in [-0.3, -0.25) is 0 Å². The van der Waals surface area contributed by atoms with E-state index >= 15 is 0 Å². The minimum Gasteiger partial charge on any atom is -0.497 e. The van der Waals surface area contributed by atoms with Crippen molar-refractivity contribution in [3.63, 3.8) is 0 Å². The van der Waals surface area contributed by atoms with E-state index in [1.807, 2.05) is 24.3 Å². The molecule has 0 atom stereocenters. The molecule has 3 nitrogen and oxygen atoms in total. The van der Waals surface area contributed by atoms with Crippen LogP contribution in [0.15, 0.2) is 24.3 Å². The first kappa shape index (κ1) is 13.8. The summed E-state index contributed by atoms with van der Waals surface area (Å²) in [6.45, 7) is 4.30. The van der Waals surface area contributed by atoms with Crippen molar-refractivity contribution in [3.05, 3.63) is 24.3 Å². The van der Waals surface area contributed by atoms with Crippen LogP contribution in [0.1, 0.15) is 26.7 Å². The molecule has 0 aromatic heterocycles. The summed E-state index contributed by atoms with van der Waals surface area (Å²) in [5.41, 5.74) is 0.938. The highest BCUT2D eigenvalue weighted by Crippen LogP contribution is 2.16. The van der Waals surface area contributed by atoms with Crippen molar-refractivity contribution < 1.29 is 4.74 Å². The van der Waals surface area contributed by atoms with Crippen LogP contribution in [-0.2, 0) is 0 Å². The maximum Gasteiger partial charge on any atom is 0.170 e. The molecule has 94 valence electrons. The zero-order valence-electron chi connectivity index (χ0n) is 10.6. The third-order valence-corrected chi connectivity index (χ3v) is 2.87. The van der Waals surface area contributed by atoms with E-state index in [4.69, 9.17) is 17.0 Å². The number of ether oxygens (including phenoxy) is 1. The van der Waals surface area contributed by atoms with E-state index in [1.54, 1.807) is 7.11 Å². The lowest BCUT2D eigenvalue weighted by Crippen LogP contribution is -2.36. The van der Waals surface area contributed by atoms with Crippen LogP contribution in [0.2, 0.25) is 0 Å². The van der Waals surface area contributed by atoms with E-state index < -0.39 is 0 Å². The van der Waals surface area contributed by atoms with Crippen LogP contribution in [-0.4, -0.2) is 18.3 Å². The second kappa shape index (κ2) is 7.12. The lowest BCUT2D eigenvalue weighted by atomic mass is 10.2. The molecule has 1 rings (SSSR count). The summed E-state index contributed by atoms with van der Waals surface area (Å²) in [6.07, 6.45) is 2.13. The minimum absolute atomic E-state index is 0.431. The van der Waals surface area contributed by atoms with Crippen LogP contribution in [0.5, 0.6) is 5.75 Å². The first-order chi connectivity index (χ1) is 8.19. The Bertz CT molecular complexity index is 364. The highest BCUT2D eigenvalue weighted by atomic mass is 32.1. The number of hydrogen-bond donors (Lipinski definition) is 2. The first-order valence-electron chi connectivity index (χ1n) is 5.91. The standard InChI is InChI=1S/C13H20N2OS/c1-4-10(5-2)14-13(17)15-11-7-6-8-12(9-11)16-3/h6-10H,4-5H2,1-3H3,(H2,14,15,17). The van der Waals surface area contributed by atoms with Crippen LogP contribution in [0, 0.1) is 0 Å². The smallest absolute Gasteiger partial charge is 0.170 e. The molecule has 2 N–H and O–H groups in total. The van der Waals surface area contributed by atoms with Gasteiger partial charge in [-0.2, -0.15) is 0 Å².